The third-order valence-electron chi connectivity index (χ3n) is 2.37. The highest BCUT2D eigenvalue weighted by atomic mass is 16.5. The first-order valence-corrected chi connectivity index (χ1v) is 5.40. The first kappa shape index (κ1) is 11.2. The van der Waals surface area contributed by atoms with Gasteiger partial charge in [0.2, 0.25) is 0 Å². The van der Waals surface area contributed by atoms with Gasteiger partial charge < -0.3 is 4.74 Å². The molecule has 84 valence electrons. The van der Waals surface area contributed by atoms with Gasteiger partial charge in [-0.3, -0.25) is 4.98 Å². The SMILES string of the molecule is N#Cc1cccc(OCCc2ccncc2)c1. The van der Waals surface area contributed by atoms with Crippen LogP contribution in [-0.4, -0.2) is 11.6 Å². The van der Waals surface area contributed by atoms with Crippen molar-refractivity contribution >= 4 is 0 Å². The first-order chi connectivity index (χ1) is 8.38. The van der Waals surface area contributed by atoms with Crippen LogP contribution in [0.25, 0.3) is 0 Å². The average Bonchev–Trinajstić information content (AvgIpc) is 2.40. The van der Waals surface area contributed by atoms with Gasteiger partial charge in [0.25, 0.3) is 0 Å². The van der Waals surface area contributed by atoms with E-state index < -0.39 is 0 Å². The van der Waals surface area contributed by atoms with Crippen molar-refractivity contribution < 1.29 is 4.74 Å². The second kappa shape index (κ2) is 5.66. The van der Waals surface area contributed by atoms with E-state index >= 15 is 0 Å². The highest BCUT2D eigenvalue weighted by Crippen LogP contribution is 2.12. The van der Waals surface area contributed by atoms with Crippen LogP contribution in [0.3, 0.4) is 0 Å². The molecule has 1 aromatic carbocycles. The van der Waals surface area contributed by atoms with Crippen molar-refractivity contribution in [3.8, 4) is 11.8 Å². The second-order valence-corrected chi connectivity index (χ2v) is 3.59. The lowest BCUT2D eigenvalue weighted by Gasteiger charge is -2.06. The van der Waals surface area contributed by atoms with Crippen molar-refractivity contribution in [2.24, 2.45) is 0 Å². The summed E-state index contributed by atoms with van der Waals surface area (Å²) in [4.78, 5) is 3.96. The molecule has 0 saturated heterocycles. The van der Waals surface area contributed by atoms with Gasteiger partial charge in [0.1, 0.15) is 5.75 Å². The minimum absolute atomic E-state index is 0.596. The lowest BCUT2D eigenvalue weighted by Crippen LogP contribution is -2.01. The zero-order valence-electron chi connectivity index (χ0n) is 9.34. The third kappa shape index (κ3) is 3.32. The fourth-order valence-corrected chi connectivity index (χ4v) is 1.49. The molecule has 0 unspecified atom stereocenters. The minimum atomic E-state index is 0.596. The quantitative estimate of drug-likeness (QED) is 0.801. The Morgan fingerprint density at radius 2 is 2.00 bits per heavy atom. The zero-order chi connectivity index (χ0) is 11.9. The van der Waals surface area contributed by atoms with Gasteiger partial charge in [0.05, 0.1) is 18.2 Å². The van der Waals surface area contributed by atoms with Crippen LogP contribution in [0.5, 0.6) is 5.75 Å². The van der Waals surface area contributed by atoms with Crippen molar-refractivity contribution in [1.29, 1.82) is 5.26 Å². The predicted octanol–water partition coefficient (Wildman–Crippen LogP) is 2.57. The van der Waals surface area contributed by atoms with Gasteiger partial charge in [-0.1, -0.05) is 6.07 Å². The van der Waals surface area contributed by atoms with Crippen LogP contribution in [0.4, 0.5) is 0 Å². The molecule has 0 atom stereocenters. The molecule has 0 saturated carbocycles. The largest absolute Gasteiger partial charge is 0.493 e. The van der Waals surface area contributed by atoms with E-state index in [1.165, 1.54) is 5.56 Å². The smallest absolute Gasteiger partial charge is 0.120 e. The number of aromatic nitrogens is 1. The summed E-state index contributed by atoms with van der Waals surface area (Å²) in [6, 6.07) is 13.2. The molecule has 1 aromatic heterocycles. The third-order valence-corrected chi connectivity index (χ3v) is 2.37. The maximum absolute atomic E-state index is 8.75. The number of rotatable bonds is 4. The van der Waals surface area contributed by atoms with E-state index in [4.69, 9.17) is 10.00 Å². The predicted molar refractivity (Wildman–Crippen MR) is 64.6 cm³/mol. The Balaban J connectivity index is 1.88. The van der Waals surface area contributed by atoms with E-state index in [1.54, 1.807) is 24.5 Å². The van der Waals surface area contributed by atoms with Crippen molar-refractivity contribution in [2.75, 3.05) is 6.61 Å². The molecule has 2 aromatic rings. The molecule has 3 heteroatoms. The fourth-order valence-electron chi connectivity index (χ4n) is 1.49. The summed E-state index contributed by atoms with van der Waals surface area (Å²) in [7, 11) is 0. The van der Waals surface area contributed by atoms with Crippen LogP contribution in [-0.2, 0) is 6.42 Å². The summed E-state index contributed by atoms with van der Waals surface area (Å²) >= 11 is 0. The van der Waals surface area contributed by atoms with Crippen LogP contribution < -0.4 is 4.74 Å². The molecule has 0 amide bonds. The molecule has 0 N–H and O–H groups in total. The van der Waals surface area contributed by atoms with Crippen LogP contribution in [0.15, 0.2) is 48.8 Å². The maximum atomic E-state index is 8.75. The molecule has 17 heavy (non-hydrogen) atoms. The zero-order valence-corrected chi connectivity index (χ0v) is 9.34. The summed E-state index contributed by atoms with van der Waals surface area (Å²) < 4.78 is 5.58. The molecule has 2 rings (SSSR count). The van der Waals surface area contributed by atoms with Crippen molar-refractivity contribution in [2.45, 2.75) is 6.42 Å². The number of benzene rings is 1. The average molecular weight is 224 g/mol. The van der Waals surface area contributed by atoms with Crippen molar-refractivity contribution in [1.82, 2.24) is 4.98 Å². The van der Waals surface area contributed by atoms with Crippen LogP contribution in [0.2, 0.25) is 0 Å². The van der Waals surface area contributed by atoms with E-state index in [1.807, 2.05) is 24.3 Å². The Kier molecular flexibility index (Phi) is 3.72. The molecular formula is C14H12N2O. The molecule has 0 aliphatic rings. The Labute approximate surface area is 100 Å². The normalized spacial score (nSPS) is 9.59. The summed E-state index contributed by atoms with van der Waals surface area (Å²) in [5.41, 5.74) is 1.81. The van der Waals surface area contributed by atoms with Gasteiger partial charge in [-0.15, -0.1) is 0 Å². The van der Waals surface area contributed by atoms with Gasteiger partial charge in [-0.05, 0) is 35.9 Å². The maximum Gasteiger partial charge on any atom is 0.120 e. The number of hydrogen-bond acceptors (Lipinski definition) is 3. The van der Waals surface area contributed by atoms with Crippen LogP contribution in [0, 0.1) is 11.3 Å². The standard InChI is InChI=1S/C14H12N2O/c15-11-13-2-1-3-14(10-13)17-9-6-12-4-7-16-8-5-12/h1-5,7-8,10H,6,9H2. The molecule has 0 spiro atoms. The second-order valence-electron chi connectivity index (χ2n) is 3.59. The van der Waals surface area contributed by atoms with Gasteiger partial charge in [-0.2, -0.15) is 5.26 Å². The molecule has 3 nitrogen and oxygen atoms in total. The molecule has 0 fully saturated rings. The molecule has 1 heterocycles. The van der Waals surface area contributed by atoms with Crippen LogP contribution in [0.1, 0.15) is 11.1 Å². The number of nitrogens with zero attached hydrogens (tertiary/aromatic N) is 2. The van der Waals surface area contributed by atoms with E-state index in [0.717, 1.165) is 12.2 Å². The van der Waals surface area contributed by atoms with E-state index in [9.17, 15) is 0 Å². The number of hydrogen-bond donors (Lipinski definition) is 0. The number of nitriles is 1. The lowest BCUT2D eigenvalue weighted by atomic mass is 10.2. The van der Waals surface area contributed by atoms with Gasteiger partial charge in [0.15, 0.2) is 0 Å². The summed E-state index contributed by atoms with van der Waals surface area (Å²) in [6.45, 7) is 0.596. The Morgan fingerprint density at radius 3 is 2.76 bits per heavy atom. The summed E-state index contributed by atoms with van der Waals surface area (Å²) in [6.07, 6.45) is 4.37. The Hall–Kier alpha value is -2.34. The fraction of sp³-hybridized carbons (Fsp3) is 0.143. The first-order valence-electron chi connectivity index (χ1n) is 5.40. The topological polar surface area (TPSA) is 45.9 Å². The molecule has 0 aliphatic heterocycles. The van der Waals surface area contributed by atoms with Crippen molar-refractivity contribution in [3.05, 3.63) is 59.9 Å². The highest BCUT2D eigenvalue weighted by molar-refractivity contribution is 5.36. The number of pyridine rings is 1. The van der Waals surface area contributed by atoms with E-state index in [0.29, 0.717) is 12.2 Å². The van der Waals surface area contributed by atoms with E-state index in [-0.39, 0.29) is 0 Å². The highest BCUT2D eigenvalue weighted by Gasteiger charge is 1.97. The molecule has 0 aliphatic carbocycles. The summed E-state index contributed by atoms with van der Waals surface area (Å²) in [5.74, 6) is 0.734. The van der Waals surface area contributed by atoms with Crippen molar-refractivity contribution in [3.63, 3.8) is 0 Å². The molecular weight excluding hydrogens is 212 g/mol. The van der Waals surface area contributed by atoms with Gasteiger partial charge >= 0.3 is 0 Å². The number of ether oxygens (including phenoxy) is 1. The van der Waals surface area contributed by atoms with Gasteiger partial charge in [0, 0.05) is 18.8 Å². The monoisotopic (exact) mass is 224 g/mol. The lowest BCUT2D eigenvalue weighted by molar-refractivity contribution is 0.322. The van der Waals surface area contributed by atoms with Crippen LogP contribution >= 0.6 is 0 Å². The van der Waals surface area contributed by atoms with E-state index in [2.05, 4.69) is 11.1 Å². The molecule has 0 radical (unpaired) electrons. The Morgan fingerprint density at radius 1 is 1.18 bits per heavy atom. The van der Waals surface area contributed by atoms with Gasteiger partial charge in [-0.25, -0.2) is 0 Å². The summed E-state index contributed by atoms with van der Waals surface area (Å²) in [5, 5.41) is 8.75. The Bertz CT molecular complexity index is 517. The molecule has 0 bridgehead atoms. The minimum Gasteiger partial charge on any atom is -0.493 e.